The Balaban J connectivity index is 1.54. The first kappa shape index (κ1) is 16.2. The van der Waals surface area contributed by atoms with Gasteiger partial charge in [-0.2, -0.15) is 0 Å². The molecule has 0 bridgehead atoms. The van der Waals surface area contributed by atoms with Gasteiger partial charge in [0.25, 0.3) is 0 Å². The summed E-state index contributed by atoms with van der Waals surface area (Å²) >= 11 is 0. The van der Waals surface area contributed by atoms with Gasteiger partial charge >= 0.3 is 0 Å². The summed E-state index contributed by atoms with van der Waals surface area (Å²) in [4.78, 5) is 26.3. The van der Waals surface area contributed by atoms with Gasteiger partial charge in [0.15, 0.2) is 0 Å². The van der Waals surface area contributed by atoms with E-state index >= 15 is 0 Å². The fourth-order valence-electron chi connectivity index (χ4n) is 3.08. The highest BCUT2D eigenvalue weighted by Gasteiger charge is 2.22. The summed E-state index contributed by atoms with van der Waals surface area (Å²) in [6.07, 6.45) is 0.753. The van der Waals surface area contributed by atoms with Gasteiger partial charge in [-0.25, -0.2) is 0 Å². The summed E-state index contributed by atoms with van der Waals surface area (Å²) < 4.78 is 0. The molecule has 2 aromatic rings. The Hall–Kier alpha value is -2.62. The third-order valence-electron chi connectivity index (χ3n) is 4.47. The Bertz CT molecular complexity index is 727. The standard InChI is InChI=1S/C20H22N2O2/c1-15(16-7-3-2-4-8-16)21-19(23)13-20(24)22-12-11-17-9-5-6-10-18(17)14-22/h2-10,15H,11-14H2,1H3,(H,21,23). The average Bonchev–Trinajstić information content (AvgIpc) is 2.61. The minimum Gasteiger partial charge on any atom is -0.349 e. The highest BCUT2D eigenvalue weighted by atomic mass is 16.2. The molecule has 1 unspecified atom stereocenters. The lowest BCUT2D eigenvalue weighted by atomic mass is 10.00. The van der Waals surface area contributed by atoms with E-state index < -0.39 is 0 Å². The van der Waals surface area contributed by atoms with Gasteiger partial charge in [-0.15, -0.1) is 0 Å². The van der Waals surface area contributed by atoms with E-state index in [1.807, 2.05) is 55.5 Å². The minimum atomic E-state index is -0.227. The van der Waals surface area contributed by atoms with E-state index in [0.29, 0.717) is 13.1 Å². The van der Waals surface area contributed by atoms with Crippen molar-refractivity contribution in [1.29, 1.82) is 0 Å². The van der Waals surface area contributed by atoms with Crippen LogP contribution in [0.25, 0.3) is 0 Å². The molecule has 0 saturated heterocycles. The summed E-state index contributed by atoms with van der Waals surface area (Å²) in [7, 11) is 0. The van der Waals surface area contributed by atoms with E-state index in [0.717, 1.165) is 12.0 Å². The number of nitrogens with one attached hydrogen (secondary N) is 1. The summed E-state index contributed by atoms with van der Waals surface area (Å²) in [5.74, 6) is -0.336. The lowest BCUT2D eigenvalue weighted by molar-refractivity contribution is -0.137. The van der Waals surface area contributed by atoms with Crippen molar-refractivity contribution in [2.24, 2.45) is 0 Å². The lowest BCUT2D eigenvalue weighted by Gasteiger charge is -2.29. The largest absolute Gasteiger partial charge is 0.349 e. The Kier molecular flexibility index (Phi) is 4.94. The van der Waals surface area contributed by atoms with Gasteiger partial charge in [-0.05, 0) is 30.0 Å². The summed E-state index contributed by atoms with van der Waals surface area (Å²) in [6.45, 7) is 3.20. The molecule has 3 rings (SSSR count). The van der Waals surface area contributed by atoms with Crippen LogP contribution in [0.4, 0.5) is 0 Å². The molecule has 1 N–H and O–H groups in total. The molecule has 1 heterocycles. The van der Waals surface area contributed by atoms with Crippen molar-refractivity contribution in [1.82, 2.24) is 10.2 Å². The van der Waals surface area contributed by atoms with Crippen molar-refractivity contribution in [3.63, 3.8) is 0 Å². The average molecular weight is 322 g/mol. The van der Waals surface area contributed by atoms with Crippen molar-refractivity contribution in [3.8, 4) is 0 Å². The van der Waals surface area contributed by atoms with Crippen LogP contribution in [-0.4, -0.2) is 23.3 Å². The van der Waals surface area contributed by atoms with Crippen LogP contribution in [0.15, 0.2) is 54.6 Å². The third kappa shape index (κ3) is 3.82. The zero-order valence-corrected chi connectivity index (χ0v) is 13.9. The number of nitrogens with zero attached hydrogens (tertiary/aromatic N) is 1. The van der Waals surface area contributed by atoms with Gasteiger partial charge < -0.3 is 10.2 Å². The van der Waals surface area contributed by atoms with Crippen LogP contribution < -0.4 is 5.32 Å². The van der Waals surface area contributed by atoms with Crippen LogP contribution in [0.2, 0.25) is 0 Å². The number of rotatable bonds is 4. The van der Waals surface area contributed by atoms with Crippen LogP contribution in [-0.2, 0) is 22.6 Å². The lowest BCUT2D eigenvalue weighted by Crippen LogP contribution is -2.39. The zero-order chi connectivity index (χ0) is 16.9. The normalized spacial score (nSPS) is 14.6. The van der Waals surface area contributed by atoms with E-state index in [2.05, 4.69) is 11.4 Å². The van der Waals surface area contributed by atoms with Crippen molar-refractivity contribution >= 4 is 11.8 Å². The van der Waals surface area contributed by atoms with Gasteiger partial charge in [0.2, 0.25) is 11.8 Å². The molecule has 1 aliphatic heterocycles. The smallest absolute Gasteiger partial charge is 0.232 e. The number of hydrogen-bond acceptors (Lipinski definition) is 2. The molecule has 0 fully saturated rings. The van der Waals surface area contributed by atoms with Gasteiger partial charge in [0.05, 0.1) is 6.04 Å². The molecule has 0 spiro atoms. The van der Waals surface area contributed by atoms with E-state index in [-0.39, 0.29) is 24.3 Å². The predicted octanol–water partition coefficient (Wildman–Crippen LogP) is 2.84. The van der Waals surface area contributed by atoms with Gasteiger partial charge in [0, 0.05) is 13.1 Å². The molecule has 0 aliphatic carbocycles. The van der Waals surface area contributed by atoms with Crippen LogP contribution in [0.5, 0.6) is 0 Å². The predicted molar refractivity (Wildman–Crippen MR) is 93.2 cm³/mol. The number of benzene rings is 2. The summed E-state index contributed by atoms with van der Waals surface area (Å²) in [6, 6.07) is 17.8. The van der Waals surface area contributed by atoms with Crippen LogP contribution in [0.1, 0.15) is 36.1 Å². The van der Waals surface area contributed by atoms with Crippen LogP contribution in [0.3, 0.4) is 0 Å². The number of fused-ring (bicyclic) bond motifs is 1. The second-order valence-electron chi connectivity index (χ2n) is 6.21. The minimum absolute atomic E-state index is 0.0979. The van der Waals surface area contributed by atoms with Gasteiger partial charge in [-0.1, -0.05) is 54.6 Å². The molecule has 1 aliphatic rings. The van der Waals surface area contributed by atoms with Gasteiger partial charge in [0.1, 0.15) is 6.42 Å². The maximum atomic E-state index is 12.4. The van der Waals surface area contributed by atoms with E-state index in [1.54, 1.807) is 4.90 Å². The molecular formula is C20H22N2O2. The second-order valence-corrected chi connectivity index (χ2v) is 6.21. The zero-order valence-electron chi connectivity index (χ0n) is 13.9. The third-order valence-corrected chi connectivity index (χ3v) is 4.47. The highest BCUT2D eigenvalue weighted by molar-refractivity contribution is 5.97. The number of amides is 2. The van der Waals surface area contributed by atoms with E-state index in [9.17, 15) is 9.59 Å². The molecule has 4 heteroatoms. The van der Waals surface area contributed by atoms with Crippen LogP contribution >= 0.6 is 0 Å². The summed E-state index contributed by atoms with van der Waals surface area (Å²) in [5.41, 5.74) is 3.50. The first-order valence-corrected chi connectivity index (χ1v) is 8.32. The molecule has 0 saturated carbocycles. The second kappa shape index (κ2) is 7.30. The molecule has 124 valence electrons. The van der Waals surface area contributed by atoms with E-state index in [4.69, 9.17) is 0 Å². The topological polar surface area (TPSA) is 49.4 Å². The molecule has 4 nitrogen and oxygen atoms in total. The quantitative estimate of drug-likeness (QED) is 0.880. The number of hydrogen-bond donors (Lipinski definition) is 1. The Morgan fingerprint density at radius 2 is 1.71 bits per heavy atom. The van der Waals surface area contributed by atoms with Crippen molar-refractivity contribution in [2.45, 2.75) is 32.4 Å². The Morgan fingerprint density at radius 1 is 1.04 bits per heavy atom. The maximum Gasteiger partial charge on any atom is 0.232 e. The number of carbonyl (C=O) groups excluding carboxylic acids is 2. The van der Waals surface area contributed by atoms with Crippen molar-refractivity contribution < 1.29 is 9.59 Å². The molecule has 1 atom stereocenters. The molecule has 24 heavy (non-hydrogen) atoms. The maximum absolute atomic E-state index is 12.4. The molecule has 2 aromatic carbocycles. The fraction of sp³-hybridized carbons (Fsp3) is 0.300. The molecular weight excluding hydrogens is 300 g/mol. The monoisotopic (exact) mass is 322 g/mol. The summed E-state index contributed by atoms with van der Waals surface area (Å²) in [5, 5.41) is 2.90. The highest BCUT2D eigenvalue weighted by Crippen LogP contribution is 2.19. The Morgan fingerprint density at radius 3 is 2.46 bits per heavy atom. The molecule has 0 aromatic heterocycles. The van der Waals surface area contributed by atoms with Crippen molar-refractivity contribution in [3.05, 3.63) is 71.3 Å². The molecule has 0 radical (unpaired) electrons. The Labute approximate surface area is 142 Å². The van der Waals surface area contributed by atoms with Gasteiger partial charge in [-0.3, -0.25) is 9.59 Å². The SMILES string of the molecule is CC(NC(=O)CC(=O)N1CCc2ccccc2C1)c1ccccc1. The van der Waals surface area contributed by atoms with E-state index in [1.165, 1.54) is 11.1 Å². The van der Waals surface area contributed by atoms with Crippen LogP contribution in [0, 0.1) is 0 Å². The molecule has 2 amide bonds. The first-order chi connectivity index (χ1) is 11.6. The number of carbonyl (C=O) groups is 2. The fourth-order valence-corrected chi connectivity index (χ4v) is 3.08. The van der Waals surface area contributed by atoms with Crippen molar-refractivity contribution in [2.75, 3.05) is 6.54 Å². The first-order valence-electron chi connectivity index (χ1n) is 8.32.